The van der Waals surface area contributed by atoms with Crippen LogP contribution in [0.3, 0.4) is 0 Å². The van der Waals surface area contributed by atoms with Crippen molar-refractivity contribution in [2.24, 2.45) is 0 Å². The number of pyridine rings is 1. The standard InChI is InChI=1S/C25H24N2O6/c1-31-17-6-4-14(5-7-17)15-8-22-20(23(28)9-15)13-21(25(30)27-22)24(29)26-16-10-18(32-2)12-19(11-16)33-3/h4-7,10-13,15H,8-9H2,1-3H3,(H,26,29)(H,27,30)/t15-/m0/s1. The first-order chi connectivity index (χ1) is 15.9. The maximum Gasteiger partial charge on any atom is 0.261 e. The number of amides is 1. The summed E-state index contributed by atoms with van der Waals surface area (Å²) in [6.07, 6.45) is 0.789. The number of ketones is 1. The SMILES string of the molecule is COc1ccc([C@@H]2CC(=O)c3cc(C(=O)Nc4cc(OC)cc(OC)c4)c(=O)[nH]c3C2)cc1. The average Bonchev–Trinajstić information content (AvgIpc) is 2.83. The van der Waals surface area contributed by atoms with Crippen LogP contribution in [0.4, 0.5) is 5.69 Å². The Bertz CT molecular complexity index is 1240. The van der Waals surface area contributed by atoms with Gasteiger partial charge in [0.2, 0.25) is 0 Å². The van der Waals surface area contributed by atoms with Gasteiger partial charge < -0.3 is 24.5 Å². The second kappa shape index (κ2) is 9.20. The van der Waals surface area contributed by atoms with E-state index in [1.807, 2.05) is 24.3 Å². The number of fused-ring (bicyclic) bond motifs is 1. The number of rotatable bonds is 6. The van der Waals surface area contributed by atoms with Gasteiger partial charge in [-0.2, -0.15) is 0 Å². The molecule has 1 atom stereocenters. The fraction of sp³-hybridized carbons (Fsp3) is 0.240. The van der Waals surface area contributed by atoms with E-state index in [2.05, 4.69) is 10.3 Å². The van der Waals surface area contributed by atoms with Crippen LogP contribution in [0.15, 0.2) is 53.3 Å². The molecule has 1 aliphatic rings. The summed E-state index contributed by atoms with van der Waals surface area (Å²) in [7, 11) is 4.59. The number of benzene rings is 2. The minimum absolute atomic E-state index is 0.0597. The molecule has 170 valence electrons. The number of hydrogen-bond donors (Lipinski definition) is 2. The number of ether oxygens (including phenoxy) is 3. The number of anilines is 1. The monoisotopic (exact) mass is 448 g/mol. The van der Waals surface area contributed by atoms with Crippen molar-refractivity contribution in [2.45, 2.75) is 18.8 Å². The maximum atomic E-state index is 12.9. The quantitative estimate of drug-likeness (QED) is 0.597. The van der Waals surface area contributed by atoms with Crippen LogP contribution in [0, 0.1) is 0 Å². The highest BCUT2D eigenvalue weighted by atomic mass is 16.5. The van der Waals surface area contributed by atoms with Crippen molar-refractivity contribution < 1.29 is 23.8 Å². The molecule has 0 unspecified atom stereocenters. The van der Waals surface area contributed by atoms with Gasteiger partial charge in [0.15, 0.2) is 5.78 Å². The number of hydrogen-bond acceptors (Lipinski definition) is 6. The van der Waals surface area contributed by atoms with E-state index < -0.39 is 11.5 Å². The predicted octanol–water partition coefficient (Wildman–Crippen LogP) is 3.57. The van der Waals surface area contributed by atoms with Gasteiger partial charge in [-0.05, 0) is 36.1 Å². The highest BCUT2D eigenvalue weighted by Gasteiger charge is 2.29. The van der Waals surface area contributed by atoms with Crippen molar-refractivity contribution in [2.75, 3.05) is 26.6 Å². The van der Waals surface area contributed by atoms with Crippen LogP contribution >= 0.6 is 0 Å². The molecule has 4 rings (SSSR count). The molecule has 1 aromatic heterocycles. The molecule has 0 spiro atoms. The average molecular weight is 448 g/mol. The molecule has 0 saturated carbocycles. The maximum absolute atomic E-state index is 12.9. The lowest BCUT2D eigenvalue weighted by Crippen LogP contribution is -2.29. The summed E-state index contributed by atoms with van der Waals surface area (Å²) in [6.45, 7) is 0. The summed E-state index contributed by atoms with van der Waals surface area (Å²) in [5.74, 6) is 0.909. The Morgan fingerprint density at radius 2 is 1.52 bits per heavy atom. The highest BCUT2D eigenvalue weighted by Crippen LogP contribution is 2.32. The van der Waals surface area contributed by atoms with Crippen molar-refractivity contribution in [3.8, 4) is 17.2 Å². The van der Waals surface area contributed by atoms with Gasteiger partial charge in [-0.1, -0.05) is 12.1 Å². The fourth-order valence-electron chi connectivity index (χ4n) is 3.99. The molecule has 2 aromatic carbocycles. The molecule has 0 fully saturated rings. The van der Waals surface area contributed by atoms with Crippen molar-refractivity contribution in [3.63, 3.8) is 0 Å². The van der Waals surface area contributed by atoms with Crippen LogP contribution < -0.4 is 25.1 Å². The van der Waals surface area contributed by atoms with E-state index in [1.165, 1.54) is 20.3 Å². The lowest BCUT2D eigenvalue weighted by molar-refractivity contribution is 0.0963. The molecule has 33 heavy (non-hydrogen) atoms. The third-order valence-electron chi connectivity index (χ3n) is 5.75. The lowest BCUT2D eigenvalue weighted by atomic mass is 9.81. The number of carbonyl (C=O) groups excluding carboxylic acids is 2. The van der Waals surface area contributed by atoms with Crippen molar-refractivity contribution in [1.82, 2.24) is 4.98 Å². The zero-order valence-corrected chi connectivity index (χ0v) is 18.6. The van der Waals surface area contributed by atoms with Crippen molar-refractivity contribution in [1.29, 1.82) is 0 Å². The van der Waals surface area contributed by atoms with E-state index in [9.17, 15) is 14.4 Å². The molecule has 0 radical (unpaired) electrons. The molecule has 1 aliphatic carbocycles. The van der Waals surface area contributed by atoms with Crippen molar-refractivity contribution in [3.05, 3.63) is 81.3 Å². The van der Waals surface area contributed by atoms with Gasteiger partial charge in [-0.3, -0.25) is 14.4 Å². The van der Waals surface area contributed by atoms with Crippen LogP contribution in [0.1, 0.15) is 44.3 Å². The molecular weight excluding hydrogens is 424 g/mol. The normalized spacial score (nSPS) is 14.9. The van der Waals surface area contributed by atoms with E-state index in [0.29, 0.717) is 41.3 Å². The number of aromatic nitrogens is 1. The van der Waals surface area contributed by atoms with E-state index in [4.69, 9.17) is 14.2 Å². The molecule has 8 nitrogen and oxygen atoms in total. The molecule has 1 heterocycles. The van der Waals surface area contributed by atoms with Crippen LogP contribution in [0.2, 0.25) is 0 Å². The molecule has 2 N–H and O–H groups in total. The van der Waals surface area contributed by atoms with Crippen molar-refractivity contribution >= 4 is 17.4 Å². The first kappa shape index (κ1) is 22.1. The third kappa shape index (κ3) is 4.59. The van der Waals surface area contributed by atoms with Gasteiger partial charge in [0.1, 0.15) is 22.8 Å². The topological polar surface area (TPSA) is 107 Å². The molecular formula is C25H24N2O6. The summed E-state index contributed by atoms with van der Waals surface area (Å²) < 4.78 is 15.6. The summed E-state index contributed by atoms with van der Waals surface area (Å²) in [6, 6.07) is 13.8. The second-order valence-electron chi connectivity index (χ2n) is 7.76. The molecule has 8 heteroatoms. The number of carbonyl (C=O) groups is 2. The Morgan fingerprint density at radius 1 is 0.879 bits per heavy atom. The third-order valence-corrected chi connectivity index (χ3v) is 5.75. The molecule has 0 bridgehead atoms. The van der Waals surface area contributed by atoms with Crippen LogP contribution in [0.25, 0.3) is 0 Å². The highest BCUT2D eigenvalue weighted by molar-refractivity contribution is 6.07. The number of aromatic amines is 1. The zero-order valence-electron chi connectivity index (χ0n) is 18.6. The Kier molecular flexibility index (Phi) is 6.17. The number of H-pyrrole nitrogens is 1. The van der Waals surface area contributed by atoms with E-state index in [0.717, 1.165) is 11.3 Å². The Balaban J connectivity index is 1.59. The van der Waals surface area contributed by atoms with Crippen LogP contribution in [0.5, 0.6) is 17.2 Å². The summed E-state index contributed by atoms with van der Waals surface area (Å²) >= 11 is 0. The van der Waals surface area contributed by atoms with E-state index in [-0.39, 0.29) is 17.3 Å². The zero-order chi connectivity index (χ0) is 23.5. The largest absolute Gasteiger partial charge is 0.497 e. The smallest absolute Gasteiger partial charge is 0.261 e. The van der Waals surface area contributed by atoms with Gasteiger partial charge in [0.25, 0.3) is 11.5 Å². The Morgan fingerprint density at radius 3 is 2.12 bits per heavy atom. The Hall–Kier alpha value is -4.07. The first-order valence-electron chi connectivity index (χ1n) is 10.4. The minimum Gasteiger partial charge on any atom is -0.497 e. The summed E-state index contributed by atoms with van der Waals surface area (Å²) in [5, 5.41) is 2.67. The summed E-state index contributed by atoms with van der Waals surface area (Å²) in [4.78, 5) is 41.2. The molecule has 0 saturated heterocycles. The van der Waals surface area contributed by atoms with Gasteiger partial charge in [0, 0.05) is 41.6 Å². The fourth-order valence-corrected chi connectivity index (χ4v) is 3.99. The Labute approximate surface area is 190 Å². The lowest BCUT2D eigenvalue weighted by Gasteiger charge is -2.24. The minimum atomic E-state index is -0.626. The van der Waals surface area contributed by atoms with Gasteiger partial charge in [-0.25, -0.2) is 0 Å². The number of nitrogens with one attached hydrogen (secondary N) is 2. The second-order valence-corrected chi connectivity index (χ2v) is 7.76. The summed E-state index contributed by atoms with van der Waals surface area (Å²) in [5.41, 5.74) is 1.61. The molecule has 1 amide bonds. The molecule has 3 aromatic rings. The number of Topliss-reactive ketones (excluding diaryl/α,β-unsaturated/α-hetero) is 1. The predicted molar refractivity (Wildman–Crippen MR) is 123 cm³/mol. The van der Waals surface area contributed by atoms with Crippen LogP contribution in [-0.2, 0) is 6.42 Å². The first-order valence-corrected chi connectivity index (χ1v) is 10.4. The van der Waals surface area contributed by atoms with Gasteiger partial charge in [0.05, 0.1) is 21.3 Å². The van der Waals surface area contributed by atoms with Crippen LogP contribution in [-0.4, -0.2) is 38.0 Å². The number of methoxy groups -OCH3 is 3. The van der Waals surface area contributed by atoms with Gasteiger partial charge in [-0.15, -0.1) is 0 Å². The van der Waals surface area contributed by atoms with Gasteiger partial charge >= 0.3 is 0 Å². The van der Waals surface area contributed by atoms with E-state index >= 15 is 0 Å². The molecule has 0 aliphatic heterocycles. The van der Waals surface area contributed by atoms with E-state index in [1.54, 1.807) is 25.3 Å².